The molecule has 1 aromatic carbocycles. The van der Waals surface area contributed by atoms with Gasteiger partial charge in [0.05, 0.1) is 31.6 Å². The molecule has 0 saturated heterocycles. The first-order chi connectivity index (χ1) is 9.11. The summed E-state index contributed by atoms with van der Waals surface area (Å²) in [5.41, 5.74) is 1.60. The lowest BCUT2D eigenvalue weighted by molar-refractivity contribution is -0.136. The lowest BCUT2D eigenvalue weighted by atomic mass is 10.2. The highest BCUT2D eigenvalue weighted by molar-refractivity contribution is 5.90. The van der Waals surface area contributed by atoms with Crippen LogP contribution in [0.2, 0.25) is 0 Å². The first kappa shape index (κ1) is 13.5. The van der Waals surface area contributed by atoms with Gasteiger partial charge in [-0.2, -0.15) is 0 Å². The van der Waals surface area contributed by atoms with Crippen LogP contribution < -0.4 is 5.32 Å². The Morgan fingerprint density at radius 2 is 2.16 bits per heavy atom. The van der Waals surface area contributed by atoms with Crippen LogP contribution in [-0.4, -0.2) is 26.3 Å². The Morgan fingerprint density at radius 3 is 2.84 bits per heavy atom. The molecule has 0 aromatic heterocycles. The van der Waals surface area contributed by atoms with E-state index in [4.69, 9.17) is 4.74 Å². The summed E-state index contributed by atoms with van der Waals surface area (Å²) in [6.45, 7) is 0.733. The van der Waals surface area contributed by atoms with Gasteiger partial charge >= 0.3 is 5.97 Å². The average molecular weight is 269 g/mol. The van der Waals surface area contributed by atoms with Gasteiger partial charge in [-0.3, -0.25) is 0 Å². The molecular formula is C13H13F2NO3. The molecule has 0 aliphatic carbocycles. The van der Waals surface area contributed by atoms with Gasteiger partial charge in [0, 0.05) is 6.54 Å². The molecule has 0 unspecified atom stereocenters. The predicted molar refractivity (Wildman–Crippen MR) is 63.1 cm³/mol. The number of benzene rings is 1. The van der Waals surface area contributed by atoms with Crippen molar-refractivity contribution in [3.05, 3.63) is 46.7 Å². The molecule has 0 saturated carbocycles. The van der Waals surface area contributed by atoms with Crippen LogP contribution in [0.25, 0.3) is 0 Å². The van der Waals surface area contributed by atoms with Crippen LogP contribution >= 0.6 is 0 Å². The molecule has 1 heterocycles. The largest absolute Gasteiger partial charge is 0.466 e. The van der Waals surface area contributed by atoms with Crippen molar-refractivity contribution in [1.82, 2.24) is 5.32 Å². The maximum absolute atomic E-state index is 13.0. The number of hydrogen-bond donors (Lipinski definition) is 1. The molecule has 6 heteroatoms. The molecule has 1 aliphatic rings. The van der Waals surface area contributed by atoms with E-state index in [1.165, 1.54) is 13.2 Å². The van der Waals surface area contributed by atoms with Gasteiger partial charge in [0.15, 0.2) is 11.6 Å². The molecule has 0 fully saturated rings. The topological polar surface area (TPSA) is 47.6 Å². The second kappa shape index (κ2) is 5.79. The van der Waals surface area contributed by atoms with Crippen LogP contribution in [0.1, 0.15) is 5.56 Å². The van der Waals surface area contributed by atoms with Crippen LogP contribution in [0.4, 0.5) is 8.78 Å². The minimum Gasteiger partial charge on any atom is -0.466 e. The smallest absolute Gasteiger partial charge is 0.337 e. The number of carbonyl (C=O) groups is 1. The maximum Gasteiger partial charge on any atom is 0.337 e. The van der Waals surface area contributed by atoms with E-state index in [2.05, 4.69) is 10.1 Å². The molecule has 1 aliphatic heterocycles. The van der Waals surface area contributed by atoms with Crippen LogP contribution in [0, 0.1) is 11.6 Å². The lowest BCUT2D eigenvalue weighted by Gasteiger charge is -2.08. The first-order valence-corrected chi connectivity index (χ1v) is 5.67. The minimum absolute atomic E-state index is 0.187. The quantitative estimate of drug-likeness (QED) is 0.842. The van der Waals surface area contributed by atoms with Gasteiger partial charge in [0.25, 0.3) is 0 Å². The van der Waals surface area contributed by atoms with Crippen molar-refractivity contribution >= 4 is 5.97 Å². The van der Waals surface area contributed by atoms with Crippen LogP contribution in [0.5, 0.6) is 0 Å². The Labute approximate surface area is 109 Å². The Bertz CT molecular complexity index is 529. The summed E-state index contributed by atoms with van der Waals surface area (Å²) >= 11 is 0. The zero-order valence-corrected chi connectivity index (χ0v) is 10.3. The summed E-state index contributed by atoms with van der Waals surface area (Å²) in [4.78, 5) is 11.4. The zero-order valence-electron chi connectivity index (χ0n) is 10.3. The van der Waals surface area contributed by atoms with Crippen molar-refractivity contribution < 1.29 is 23.0 Å². The molecule has 4 nitrogen and oxygen atoms in total. The van der Waals surface area contributed by atoms with Gasteiger partial charge in [0.2, 0.25) is 0 Å². The van der Waals surface area contributed by atoms with Crippen LogP contribution in [-0.2, 0) is 20.8 Å². The van der Waals surface area contributed by atoms with E-state index in [0.717, 1.165) is 12.1 Å². The van der Waals surface area contributed by atoms with E-state index in [1.807, 2.05) is 0 Å². The van der Waals surface area contributed by atoms with Gasteiger partial charge in [-0.1, -0.05) is 6.07 Å². The Morgan fingerprint density at radius 1 is 1.37 bits per heavy atom. The van der Waals surface area contributed by atoms with E-state index in [1.54, 1.807) is 0 Å². The molecule has 0 spiro atoms. The molecule has 2 rings (SSSR count). The summed E-state index contributed by atoms with van der Waals surface area (Å²) in [7, 11) is 1.29. The molecule has 0 bridgehead atoms. The maximum atomic E-state index is 13.0. The predicted octanol–water partition coefficient (Wildman–Crippen LogP) is 1.51. The lowest BCUT2D eigenvalue weighted by Crippen LogP contribution is -2.18. The first-order valence-electron chi connectivity index (χ1n) is 5.67. The highest BCUT2D eigenvalue weighted by Crippen LogP contribution is 2.15. The number of nitrogens with one attached hydrogen (secondary N) is 1. The fraction of sp³-hybridized carbons (Fsp3) is 0.308. The summed E-state index contributed by atoms with van der Waals surface area (Å²) in [5, 5.41) is 2.97. The molecule has 19 heavy (non-hydrogen) atoms. The highest BCUT2D eigenvalue weighted by Gasteiger charge is 2.22. The van der Waals surface area contributed by atoms with Crippen molar-refractivity contribution in [3.8, 4) is 0 Å². The van der Waals surface area contributed by atoms with E-state index in [-0.39, 0.29) is 19.8 Å². The van der Waals surface area contributed by atoms with Gasteiger partial charge in [-0.15, -0.1) is 0 Å². The van der Waals surface area contributed by atoms with E-state index in [9.17, 15) is 13.6 Å². The Kier molecular flexibility index (Phi) is 4.11. The second-order valence-corrected chi connectivity index (χ2v) is 4.04. The fourth-order valence-corrected chi connectivity index (χ4v) is 1.75. The molecule has 1 aromatic rings. The summed E-state index contributed by atoms with van der Waals surface area (Å²) in [6.07, 6.45) is 0. The molecular weight excluding hydrogens is 256 g/mol. The van der Waals surface area contributed by atoms with Crippen molar-refractivity contribution in [1.29, 1.82) is 0 Å². The third-order valence-electron chi connectivity index (χ3n) is 2.78. The van der Waals surface area contributed by atoms with Gasteiger partial charge < -0.3 is 14.8 Å². The Hall–Kier alpha value is -1.95. The van der Waals surface area contributed by atoms with Crippen molar-refractivity contribution in [3.63, 3.8) is 0 Å². The summed E-state index contributed by atoms with van der Waals surface area (Å²) in [5.74, 6) is -2.24. The minimum atomic E-state index is -0.899. The van der Waals surface area contributed by atoms with E-state index < -0.39 is 17.6 Å². The molecule has 102 valence electrons. The third kappa shape index (κ3) is 3.08. The second-order valence-electron chi connectivity index (χ2n) is 4.04. The van der Waals surface area contributed by atoms with E-state index >= 15 is 0 Å². The summed E-state index contributed by atoms with van der Waals surface area (Å²) < 4.78 is 35.6. The van der Waals surface area contributed by atoms with E-state index in [0.29, 0.717) is 16.8 Å². The number of halogens is 2. The SMILES string of the molecule is COC(=O)C1=C(NCc2ccc(F)c(F)c2)COC1. The normalized spacial score (nSPS) is 14.7. The van der Waals surface area contributed by atoms with Crippen molar-refractivity contribution in [2.24, 2.45) is 0 Å². The number of esters is 1. The van der Waals surface area contributed by atoms with Crippen molar-refractivity contribution in [2.75, 3.05) is 20.3 Å². The number of methoxy groups -OCH3 is 1. The number of hydrogen-bond acceptors (Lipinski definition) is 4. The van der Waals surface area contributed by atoms with Crippen molar-refractivity contribution in [2.45, 2.75) is 6.54 Å². The molecule has 0 atom stereocenters. The zero-order chi connectivity index (χ0) is 13.8. The molecule has 0 amide bonds. The fourth-order valence-electron chi connectivity index (χ4n) is 1.75. The monoisotopic (exact) mass is 269 g/mol. The standard InChI is InChI=1S/C13H13F2NO3/c1-18-13(17)9-6-19-7-12(9)16-5-8-2-3-10(14)11(15)4-8/h2-4,16H,5-7H2,1H3. The summed E-state index contributed by atoms with van der Waals surface area (Å²) in [6, 6.07) is 3.64. The third-order valence-corrected chi connectivity index (χ3v) is 2.78. The number of ether oxygens (including phenoxy) is 2. The highest BCUT2D eigenvalue weighted by atomic mass is 19.2. The number of carbonyl (C=O) groups excluding carboxylic acids is 1. The van der Waals surface area contributed by atoms with Crippen LogP contribution in [0.15, 0.2) is 29.5 Å². The Balaban J connectivity index is 2.05. The van der Waals surface area contributed by atoms with Gasteiger partial charge in [-0.25, -0.2) is 13.6 Å². The average Bonchev–Trinajstić information content (AvgIpc) is 2.87. The molecule has 0 radical (unpaired) electrons. The van der Waals surface area contributed by atoms with Crippen LogP contribution in [0.3, 0.4) is 0 Å². The van der Waals surface area contributed by atoms with Gasteiger partial charge in [-0.05, 0) is 17.7 Å². The molecule has 1 N–H and O–H groups in total. The van der Waals surface area contributed by atoms with Gasteiger partial charge in [0.1, 0.15) is 0 Å². The number of rotatable bonds is 4.